The number of thioether (sulfide) groups is 1. The van der Waals surface area contributed by atoms with Crippen molar-refractivity contribution < 1.29 is 13.6 Å². The van der Waals surface area contributed by atoms with E-state index < -0.39 is 5.76 Å². The quantitative estimate of drug-likeness (QED) is 0.848. The second-order valence-electron chi connectivity index (χ2n) is 5.20. The first kappa shape index (κ1) is 16.2. The standard InChI is InChI=1S/C15H20F2N2OS/c1-18-10-11-6-8-19(9-7-11)14(20)12-2-4-13(5-3-12)21-15(16)17/h2-5,11,15,18H,6-10H2,1H3. The van der Waals surface area contributed by atoms with Gasteiger partial charge >= 0.3 is 0 Å². The fourth-order valence-corrected chi connectivity index (χ4v) is 3.09. The third-order valence-electron chi connectivity index (χ3n) is 3.72. The van der Waals surface area contributed by atoms with Crippen LogP contribution in [0.25, 0.3) is 0 Å². The largest absolute Gasteiger partial charge is 0.339 e. The molecule has 0 saturated carbocycles. The van der Waals surface area contributed by atoms with Gasteiger partial charge in [0.05, 0.1) is 0 Å². The van der Waals surface area contributed by atoms with Gasteiger partial charge in [-0.15, -0.1) is 0 Å². The molecule has 116 valence electrons. The predicted molar refractivity (Wildman–Crippen MR) is 80.9 cm³/mol. The van der Waals surface area contributed by atoms with Crippen molar-refractivity contribution in [3.05, 3.63) is 29.8 Å². The van der Waals surface area contributed by atoms with E-state index in [1.807, 2.05) is 11.9 Å². The highest BCUT2D eigenvalue weighted by atomic mass is 32.2. The Balaban J connectivity index is 1.91. The maximum atomic E-state index is 12.4. The van der Waals surface area contributed by atoms with Gasteiger partial charge < -0.3 is 10.2 Å². The van der Waals surface area contributed by atoms with Gasteiger partial charge in [-0.3, -0.25) is 4.79 Å². The second kappa shape index (κ2) is 7.75. The Labute approximate surface area is 128 Å². The van der Waals surface area contributed by atoms with Crippen molar-refractivity contribution in [3.63, 3.8) is 0 Å². The van der Waals surface area contributed by atoms with Crippen LogP contribution < -0.4 is 5.32 Å². The molecule has 1 aromatic carbocycles. The number of halogens is 2. The zero-order valence-electron chi connectivity index (χ0n) is 12.0. The number of nitrogens with zero attached hydrogens (tertiary/aromatic N) is 1. The van der Waals surface area contributed by atoms with E-state index in [2.05, 4.69) is 5.32 Å². The van der Waals surface area contributed by atoms with Gasteiger partial charge in [-0.25, -0.2) is 0 Å². The molecule has 0 unspecified atom stereocenters. The Morgan fingerprint density at radius 2 is 1.95 bits per heavy atom. The van der Waals surface area contributed by atoms with E-state index in [-0.39, 0.29) is 5.91 Å². The van der Waals surface area contributed by atoms with Crippen molar-refractivity contribution in [1.82, 2.24) is 10.2 Å². The molecular formula is C15H20F2N2OS. The Morgan fingerprint density at radius 3 is 2.48 bits per heavy atom. The van der Waals surface area contributed by atoms with Crippen molar-refractivity contribution in [3.8, 4) is 0 Å². The third kappa shape index (κ3) is 4.68. The maximum absolute atomic E-state index is 12.4. The highest BCUT2D eigenvalue weighted by molar-refractivity contribution is 7.99. The molecule has 1 aromatic rings. The molecule has 1 amide bonds. The molecule has 2 rings (SSSR count). The van der Waals surface area contributed by atoms with Gasteiger partial charge in [-0.2, -0.15) is 8.78 Å². The zero-order valence-corrected chi connectivity index (χ0v) is 12.8. The van der Waals surface area contributed by atoms with Gasteiger partial charge in [0, 0.05) is 23.5 Å². The van der Waals surface area contributed by atoms with E-state index >= 15 is 0 Å². The summed E-state index contributed by atoms with van der Waals surface area (Å²) < 4.78 is 24.5. The van der Waals surface area contributed by atoms with Gasteiger partial charge in [0.1, 0.15) is 0 Å². The van der Waals surface area contributed by atoms with Crippen LogP contribution in [0.15, 0.2) is 29.2 Å². The highest BCUT2D eigenvalue weighted by Crippen LogP contribution is 2.26. The molecule has 3 nitrogen and oxygen atoms in total. The average Bonchev–Trinajstić information content (AvgIpc) is 2.48. The molecule has 1 aliphatic heterocycles. The summed E-state index contributed by atoms with van der Waals surface area (Å²) in [6.07, 6.45) is 2.01. The van der Waals surface area contributed by atoms with E-state index in [4.69, 9.17) is 0 Å². The Kier molecular flexibility index (Phi) is 5.99. The minimum atomic E-state index is -2.43. The lowest BCUT2D eigenvalue weighted by Gasteiger charge is -2.32. The number of hydrogen-bond acceptors (Lipinski definition) is 3. The van der Waals surface area contributed by atoms with Crippen molar-refractivity contribution >= 4 is 17.7 Å². The number of hydrogen-bond donors (Lipinski definition) is 1. The van der Waals surface area contributed by atoms with Crippen LogP contribution in [0.3, 0.4) is 0 Å². The summed E-state index contributed by atoms with van der Waals surface area (Å²) in [5.41, 5.74) is 0.570. The molecule has 1 N–H and O–H groups in total. The SMILES string of the molecule is CNCC1CCN(C(=O)c2ccc(SC(F)F)cc2)CC1. The van der Waals surface area contributed by atoms with E-state index in [0.29, 0.717) is 28.1 Å². The molecule has 1 saturated heterocycles. The van der Waals surface area contributed by atoms with Gasteiger partial charge in [0.25, 0.3) is 11.7 Å². The van der Waals surface area contributed by atoms with Crippen LogP contribution >= 0.6 is 11.8 Å². The van der Waals surface area contributed by atoms with Crippen LogP contribution in [-0.2, 0) is 0 Å². The third-order valence-corrected chi connectivity index (χ3v) is 4.44. The molecule has 6 heteroatoms. The van der Waals surface area contributed by atoms with E-state index in [9.17, 15) is 13.6 Å². The lowest BCUT2D eigenvalue weighted by Crippen LogP contribution is -2.40. The summed E-state index contributed by atoms with van der Waals surface area (Å²) in [5.74, 6) is -1.81. The van der Waals surface area contributed by atoms with Crippen molar-refractivity contribution in [1.29, 1.82) is 0 Å². The Morgan fingerprint density at radius 1 is 1.33 bits per heavy atom. The first-order chi connectivity index (χ1) is 10.1. The molecule has 0 spiro atoms. The lowest BCUT2D eigenvalue weighted by molar-refractivity contribution is 0.0691. The van der Waals surface area contributed by atoms with Crippen LogP contribution in [0.5, 0.6) is 0 Å². The number of carbonyl (C=O) groups is 1. The summed E-state index contributed by atoms with van der Waals surface area (Å²) in [7, 11) is 1.94. The molecule has 1 heterocycles. The van der Waals surface area contributed by atoms with Crippen LogP contribution in [0.2, 0.25) is 0 Å². The van der Waals surface area contributed by atoms with Gasteiger partial charge in [-0.05, 0) is 56.6 Å². The van der Waals surface area contributed by atoms with Gasteiger partial charge in [0.15, 0.2) is 0 Å². The summed E-state index contributed by atoms with van der Waals surface area (Å²) in [6, 6.07) is 6.43. The van der Waals surface area contributed by atoms with E-state index in [0.717, 1.165) is 32.5 Å². The number of piperidine rings is 1. The number of carbonyl (C=O) groups excluding carboxylic acids is 1. The second-order valence-corrected chi connectivity index (χ2v) is 6.26. The molecule has 0 aromatic heterocycles. The number of rotatable bonds is 5. The summed E-state index contributed by atoms with van der Waals surface area (Å²) >= 11 is 0.495. The Bertz CT molecular complexity index is 459. The number of alkyl halides is 2. The first-order valence-corrected chi connectivity index (χ1v) is 7.97. The molecule has 1 aliphatic rings. The molecule has 0 aliphatic carbocycles. The van der Waals surface area contributed by atoms with E-state index in [1.54, 1.807) is 24.3 Å². The minimum absolute atomic E-state index is 0.00787. The van der Waals surface area contributed by atoms with Crippen LogP contribution in [0.1, 0.15) is 23.2 Å². The lowest BCUT2D eigenvalue weighted by atomic mass is 9.96. The highest BCUT2D eigenvalue weighted by Gasteiger charge is 2.23. The average molecular weight is 314 g/mol. The molecular weight excluding hydrogens is 294 g/mol. The number of likely N-dealkylation sites (tertiary alicyclic amines) is 1. The minimum Gasteiger partial charge on any atom is -0.339 e. The smallest absolute Gasteiger partial charge is 0.288 e. The van der Waals surface area contributed by atoms with Crippen LogP contribution in [-0.4, -0.2) is 43.2 Å². The zero-order chi connectivity index (χ0) is 15.2. The summed E-state index contributed by atoms with van der Waals surface area (Å²) in [4.78, 5) is 14.7. The molecule has 21 heavy (non-hydrogen) atoms. The molecule has 0 radical (unpaired) electrons. The summed E-state index contributed by atoms with van der Waals surface area (Å²) in [6.45, 7) is 2.51. The first-order valence-electron chi connectivity index (χ1n) is 7.09. The van der Waals surface area contributed by atoms with Crippen LogP contribution in [0.4, 0.5) is 8.78 Å². The molecule has 0 atom stereocenters. The number of benzene rings is 1. The van der Waals surface area contributed by atoms with E-state index in [1.165, 1.54) is 0 Å². The fourth-order valence-electron chi connectivity index (χ4n) is 2.59. The molecule has 1 fully saturated rings. The summed E-state index contributed by atoms with van der Waals surface area (Å²) in [5, 5.41) is 3.17. The monoisotopic (exact) mass is 314 g/mol. The van der Waals surface area contributed by atoms with Crippen LogP contribution in [0, 0.1) is 5.92 Å². The maximum Gasteiger partial charge on any atom is 0.288 e. The van der Waals surface area contributed by atoms with Gasteiger partial charge in [0.2, 0.25) is 0 Å². The van der Waals surface area contributed by atoms with Crippen molar-refractivity contribution in [2.75, 3.05) is 26.7 Å². The topological polar surface area (TPSA) is 32.3 Å². The number of nitrogens with one attached hydrogen (secondary N) is 1. The van der Waals surface area contributed by atoms with Gasteiger partial charge in [-0.1, -0.05) is 11.8 Å². The Hall–Kier alpha value is -1.14. The van der Waals surface area contributed by atoms with Crippen molar-refractivity contribution in [2.45, 2.75) is 23.5 Å². The normalized spacial score (nSPS) is 16.5. The molecule has 0 bridgehead atoms. The number of amides is 1. The predicted octanol–water partition coefficient (Wildman–Crippen LogP) is 3.07. The fraction of sp³-hybridized carbons (Fsp3) is 0.533. The van der Waals surface area contributed by atoms with Crippen molar-refractivity contribution in [2.24, 2.45) is 5.92 Å².